The second kappa shape index (κ2) is 5.16. The highest BCUT2D eigenvalue weighted by Gasteiger charge is 2.27. The zero-order valence-electron chi connectivity index (χ0n) is 8.51. The molecule has 0 amide bonds. The first-order valence-corrected chi connectivity index (χ1v) is 4.53. The summed E-state index contributed by atoms with van der Waals surface area (Å²) in [6.45, 7) is -0.376. The van der Waals surface area contributed by atoms with E-state index in [1.54, 1.807) is 0 Å². The van der Waals surface area contributed by atoms with E-state index >= 15 is 0 Å². The summed E-state index contributed by atoms with van der Waals surface area (Å²) in [4.78, 5) is 0. The number of methoxy groups -OCH3 is 1. The highest BCUT2D eigenvalue weighted by Crippen LogP contribution is 2.33. The first-order valence-electron chi connectivity index (χ1n) is 4.53. The van der Waals surface area contributed by atoms with Crippen LogP contribution < -0.4 is 10.5 Å². The lowest BCUT2D eigenvalue weighted by Gasteiger charge is -2.17. The zero-order chi connectivity index (χ0) is 12.3. The van der Waals surface area contributed by atoms with Crippen LogP contribution in [0.5, 0.6) is 5.75 Å². The number of alkyl halides is 2. The molecule has 6 heteroatoms. The molecular weight excluding hydrogens is 226 g/mol. The molecule has 1 aromatic rings. The van der Waals surface area contributed by atoms with Crippen LogP contribution in [0, 0.1) is 11.6 Å². The van der Waals surface area contributed by atoms with Crippen molar-refractivity contribution in [1.82, 2.24) is 0 Å². The van der Waals surface area contributed by atoms with Gasteiger partial charge in [0, 0.05) is 12.1 Å². The fourth-order valence-corrected chi connectivity index (χ4v) is 1.41. The molecule has 0 spiro atoms. The Hall–Kier alpha value is -1.30. The van der Waals surface area contributed by atoms with E-state index in [-0.39, 0.29) is 12.1 Å². The van der Waals surface area contributed by atoms with Gasteiger partial charge in [0.25, 0.3) is 0 Å². The second-order valence-corrected chi connectivity index (χ2v) is 3.16. The Labute approximate surface area is 90.0 Å². The molecule has 1 atom stereocenters. The van der Waals surface area contributed by atoms with Crippen molar-refractivity contribution >= 4 is 0 Å². The fourth-order valence-electron chi connectivity index (χ4n) is 1.41. The zero-order valence-corrected chi connectivity index (χ0v) is 8.51. The predicted molar refractivity (Wildman–Crippen MR) is 50.7 cm³/mol. The van der Waals surface area contributed by atoms with Crippen LogP contribution in [0.2, 0.25) is 0 Å². The van der Waals surface area contributed by atoms with Crippen LogP contribution in [0.15, 0.2) is 12.1 Å². The Morgan fingerprint density at radius 2 is 1.94 bits per heavy atom. The summed E-state index contributed by atoms with van der Waals surface area (Å²) in [6, 6.07) is 1.83. The Balaban J connectivity index is 3.27. The molecule has 2 nitrogen and oxygen atoms in total. The number of hydrogen-bond donors (Lipinski definition) is 1. The van der Waals surface area contributed by atoms with Gasteiger partial charge in [0.05, 0.1) is 13.0 Å². The molecule has 0 aliphatic heterocycles. The summed E-state index contributed by atoms with van der Waals surface area (Å²) in [5.74, 6) is -4.31. The summed E-state index contributed by atoms with van der Waals surface area (Å²) >= 11 is 0. The second-order valence-electron chi connectivity index (χ2n) is 3.16. The lowest BCUT2D eigenvalue weighted by atomic mass is 9.98. The molecule has 0 aromatic heterocycles. The molecule has 1 aromatic carbocycles. The molecule has 0 saturated carbocycles. The first-order chi connectivity index (χ1) is 7.52. The number of hydrogen-bond acceptors (Lipinski definition) is 2. The lowest BCUT2D eigenvalue weighted by molar-refractivity contribution is 0.115. The van der Waals surface area contributed by atoms with Crippen molar-refractivity contribution in [3.8, 4) is 5.75 Å². The molecule has 0 aliphatic rings. The molecule has 1 unspecified atom stereocenters. The van der Waals surface area contributed by atoms with E-state index in [0.717, 1.165) is 19.2 Å². The average Bonchev–Trinajstić information content (AvgIpc) is 2.24. The van der Waals surface area contributed by atoms with Crippen LogP contribution >= 0.6 is 0 Å². The van der Waals surface area contributed by atoms with Crippen molar-refractivity contribution in [3.05, 3.63) is 29.3 Å². The third-order valence-electron chi connectivity index (χ3n) is 2.24. The van der Waals surface area contributed by atoms with Gasteiger partial charge in [-0.15, -0.1) is 0 Å². The van der Waals surface area contributed by atoms with Crippen molar-refractivity contribution in [1.29, 1.82) is 0 Å². The molecule has 16 heavy (non-hydrogen) atoms. The molecule has 0 aliphatic carbocycles. The highest BCUT2D eigenvalue weighted by atomic mass is 19.3. The van der Waals surface area contributed by atoms with E-state index in [2.05, 4.69) is 4.74 Å². The summed E-state index contributed by atoms with van der Waals surface area (Å²) in [6.07, 6.45) is -2.76. The third kappa shape index (κ3) is 2.27. The quantitative estimate of drug-likeness (QED) is 0.815. The van der Waals surface area contributed by atoms with Crippen molar-refractivity contribution in [2.24, 2.45) is 5.73 Å². The van der Waals surface area contributed by atoms with Crippen LogP contribution in [0.3, 0.4) is 0 Å². The molecule has 2 N–H and O–H groups in total. The predicted octanol–water partition coefficient (Wildman–Crippen LogP) is 2.28. The first kappa shape index (κ1) is 12.8. The van der Waals surface area contributed by atoms with E-state index < -0.39 is 29.7 Å². The monoisotopic (exact) mass is 237 g/mol. The van der Waals surface area contributed by atoms with Gasteiger partial charge in [-0.25, -0.2) is 13.2 Å². The largest absolute Gasteiger partial charge is 0.493 e. The minimum absolute atomic E-state index is 0.126. The van der Waals surface area contributed by atoms with Gasteiger partial charge < -0.3 is 10.5 Å². The van der Waals surface area contributed by atoms with Gasteiger partial charge in [0.1, 0.15) is 0 Å². The number of halogens is 4. The summed E-state index contributed by atoms with van der Waals surface area (Å²) < 4.78 is 55.8. The minimum Gasteiger partial charge on any atom is -0.493 e. The van der Waals surface area contributed by atoms with Gasteiger partial charge in [0.2, 0.25) is 12.2 Å². The van der Waals surface area contributed by atoms with E-state index in [1.807, 2.05) is 0 Å². The molecule has 0 heterocycles. The molecular formula is C10H11F4NO. The van der Waals surface area contributed by atoms with Crippen LogP contribution in [-0.2, 0) is 0 Å². The SMILES string of the molecule is COc1c(C(CN)C(F)F)ccc(F)c1F. The summed E-state index contributed by atoms with van der Waals surface area (Å²) in [5.41, 5.74) is 5.04. The van der Waals surface area contributed by atoms with Crippen LogP contribution in [0.25, 0.3) is 0 Å². The van der Waals surface area contributed by atoms with Crippen molar-refractivity contribution < 1.29 is 22.3 Å². The standard InChI is InChI=1S/C10H11F4NO/c1-16-9-5(6(4-15)10(13)14)2-3-7(11)8(9)12/h2-3,6,10H,4,15H2,1H3. The molecule has 0 saturated heterocycles. The van der Waals surface area contributed by atoms with Gasteiger partial charge in [-0.1, -0.05) is 6.07 Å². The third-order valence-corrected chi connectivity index (χ3v) is 2.24. The van der Waals surface area contributed by atoms with E-state index in [9.17, 15) is 17.6 Å². The van der Waals surface area contributed by atoms with Gasteiger partial charge in [-0.3, -0.25) is 0 Å². The van der Waals surface area contributed by atoms with Crippen LogP contribution in [-0.4, -0.2) is 20.1 Å². The van der Waals surface area contributed by atoms with Crippen molar-refractivity contribution in [2.75, 3.05) is 13.7 Å². The molecule has 0 fully saturated rings. The Morgan fingerprint density at radius 3 is 2.38 bits per heavy atom. The number of benzene rings is 1. The molecule has 1 rings (SSSR count). The van der Waals surface area contributed by atoms with Gasteiger partial charge in [0.15, 0.2) is 11.6 Å². The highest BCUT2D eigenvalue weighted by molar-refractivity contribution is 5.39. The van der Waals surface area contributed by atoms with Crippen molar-refractivity contribution in [2.45, 2.75) is 12.3 Å². The number of ether oxygens (including phenoxy) is 1. The van der Waals surface area contributed by atoms with Crippen LogP contribution in [0.1, 0.15) is 11.5 Å². The number of rotatable bonds is 4. The maximum atomic E-state index is 13.2. The summed E-state index contributed by atoms with van der Waals surface area (Å²) in [5, 5.41) is 0. The Morgan fingerprint density at radius 1 is 1.31 bits per heavy atom. The fraction of sp³-hybridized carbons (Fsp3) is 0.400. The molecule has 90 valence electrons. The molecule has 0 bridgehead atoms. The Kier molecular flexibility index (Phi) is 4.12. The normalized spacial score (nSPS) is 12.9. The van der Waals surface area contributed by atoms with Crippen LogP contribution in [0.4, 0.5) is 17.6 Å². The van der Waals surface area contributed by atoms with Crippen molar-refractivity contribution in [3.63, 3.8) is 0 Å². The van der Waals surface area contributed by atoms with E-state index in [4.69, 9.17) is 5.73 Å². The topological polar surface area (TPSA) is 35.2 Å². The Bertz CT molecular complexity index is 370. The minimum atomic E-state index is -2.76. The lowest BCUT2D eigenvalue weighted by Crippen LogP contribution is -2.20. The van der Waals surface area contributed by atoms with E-state index in [0.29, 0.717) is 0 Å². The average molecular weight is 237 g/mol. The van der Waals surface area contributed by atoms with Gasteiger partial charge in [-0.05, 0) is 6.07 Å². The molecule has 0 radical (unpaired) electrons. The maximum absolute atomic E-state index is 13.2. The van der Waals surface area contributed by atoms with E-state index in [1.165, 1.54) is 0 Å². The smallest absolute Gasteiger partial charge is 0.246 e. The number of nitrogens with two attached hydrogens (primary N) is 1. The maximum Gasteiger partial charge on any atom is 0.246 e. The summed E-state index contributed by atoms with van der Waals surface area (Å²) in [7, 11) is 1.08. The van der Waals surface area contributed by atoms with Gasteiger partial charge in [-0.2, -0.15) is 4.39 Å². The van der Waals surface area contributed by atoms with Gasteiger partial charge >= 0.3 is 0 Å².